The number of carbonyl (C=O) groups is 2. The molecule has 27 heavy (non-hydrogen) atoms. The fourth-order valence-electron chi connectivity index (χ4n) is 2.81. The first-order valence-corrected chi connectivity index (χ1v) is 8.68. The Balaban J connectivity index is 1.60. The zero-order valence-electron chi connectivity index (χ0n) is 15.3. The Morgan fingerprint density at radius 2 is 1.67 bits per heavy atom. The molecule has 1 N–H and O–H groups in total. The normalized spacial score (nSPS) is 11.6. The summed E-state index contributed by atoms with van der Waals surface area (Å²) >= 11 is 0. The molecule has 5 nitrogen and oxygen atoms in total. The lowest BCUT2D eigenvalue weighted by Gasteiger charge is -2.14. The van der Waals surface area contributed by atoms with Gasteiger partial charge in [0.2, 0.25) is 0 Å². The van der Waals surface area contributed by atoms with Gasteiger partial charge in [-0.1, -0.05) is 48.5 Å². The molecule has 1 atom stereocenters. The van der Waals surface area contributed by atoms with E-state index in [1.807, 2.05) is 54.6 Å². The quantitative estimate of drug-likeness (QED) is 0.673. The van der Waals surface area contributed by atoms with E-state index in [1.54, 1.807) is 26.2 Å². The Hall–Kier alpha value is -3.34. The van der Waals surface area contributed by atoms with E-state index in [2.05, 4.69) is 5.32 Å². The molecule has 0 saturated heterocycles. The van der Waals surface area contributed by atoms with Crippen LogP contribution in [0.4, 0.5) is 5.69 Å². The largest absolute Gasteiger partial charge is 0.496 e. The van der Waals surface area contributed by atoms with Gasteiger partial charge in [0.25, 0.3) is 5.91 Å². The molecule has 138 valence electrons. The molecule has 0 aliphatic heterocycles. The maximum Gasteiger partial charge on any atom is 0.311 e. The molecule has 0 radical (unpaired) electrons. The fraction of sp³-hybridized carbons (Fsp3) is 0.182. The molecule has 0 saturated carbocycles. The average Bonchev–Trinajstić information content (AvgIpc) is 2.68. The number of benzene rings is 3. The molecule has 3 rings (SSSR count). The fourth-order valence-corrected chi connectivity index (χ4v) is 2.81. The van der Waals surface area contributed by atoms with Crippen molar-refractivity contribution in [1.29, 1.82) is 0 Å². The number of hydrogen-bond donors (Lipinski definition) is 1. The predicted octanol–water partition coefficient (Wildman–Crippen LogP) is 3.96. The summed E-state index contributed by atoms with van der Waals surface area (Å²) in [6.07, 6.45) is -0.865. The summed E-state index contributed by atoms with van der Waals surface area (Å²) in [5.41, 5.74) is 1.37. The van der Waals surface area contributed by atoms with Gasteiger partial charge in [-0.15, -0.1) is 0 Å². The number of hydrogen-bond acceptors (Lipinski definition) is 4. The highest BCUT2D eigenvalue weighted by molar-refractivity contribution is 5.97. The van der Waals surface area contributed by atoms with Gasteiger partial charge in [-0.25, -0.2) is 0 Å². The van der Waals surface area contributed by atoms with E-state index >= 15 is 0 Å². The molecule has 1 amide bonds. The average molecular weight is 363 g/mol. The van der Waals surface area contributed by atoms with Gasteiger partial charge in [0.05, 0.1) is 13.5 Å². The molecular formula is C22H21NO4. The van der Waals surface area contributed by atoms with E-state index in [4.69, 9.17) is 9.47 Å². The second-order valence-corrected chi connectivity index (χ2v) is 6.17. The van der Waals surface area contributed by atoms with E-state index in [0.717, 1.165) is 10.8 Å². The molecule has 0 heterocycles. The van der Waals surface area contributed by atoms with Crippen LogP contribution >= 0.6 is 0 Å². The number of amides is 1. The SMILES string of the molecule is COc1ccccc1CC(=O)O[C@H](C)C(=O)Nc1ccc2ccccc2c1. The van der Waals surface area contributed by atoms with Crippen LogP contribution in [0.2, 0.25) is 0 Å². The van der Waals surface area contributed by atoms with Crippen LogP contribution in [0.25, 0.3) is 10.8 Å². The lowest BCUT2D eigenvalue weighted by Crippen LogP contribution is -2.30. The zero-order chi connectivity index (χ0) is 19.2. The molecule has 0 aliphatic rings. The van der Waals surface area contributed by atoms with Crippen molar-refractivity contribution in [3.05, 3.63) is 72.3 Å². The zero-order valence-corrected chi connectivity index (χ0v) is 15.3. The molecule has 0 fully saturated rings. The molecule has 3 aromatic rings. The molecule has 3 aromatic carbocycles. The van der Waals surface area contributed by atoms with Gasteiger partial charge in [-0.3, -0.25) is 9.59 Å². The summed E-state index contributed by atoms with van der Waals surface area (Å²) < 4.78 is 10.5. The first-order valence-electron chi connectivity index (χ1n) is 8.68. The third kappa shape index (κ3) is 4.64. The highest BCUT2D eigenvalue weighted by atomic mass is 16.5. The Labute approximate surface area is 157 Å². The molecule has 0 aromatic heterocycles. The van der Waals surface area contributed by atoms with Crippen LogP contribution in [0, 0.1) is 0 Å². The predicted molar refractivity (Wildman–Crippen MR) is 105 cm³/mol. The van der Waals surface area contributed by atoms with Gasteiger partial charge in [-0.05, 0) is 35.9 Å². The standard InChI is InChI=1S/C22H21NO4/c1-15(27-21(24)14-18-9-5-6-10-20(18)26-2)22(25)23-19-12-11-16-7-3-4-8-17(16)13-19/h3-13,15H,14H2,1-2H3,(H,23,25)/t15-/m1/s1. The van der Waals surface area contributed by atoms with Crippen LogP contribution in [0.3, 0.4) is 0 Å². The third-order valence-electron chi connectivity index (χ3n) is 4.22. The van der Waals surface area contributed by atoms with Crippen molar-refractivity contribution in [2.75, 3.05) is 12.4 Å². The number of fused-ring (bicyclic) bond motifs is 1. The monoisotopic (exact) mass is 363 g/mol. The van der Waals surface area contributed by atoms with Gasteiger partial charge in [-0.2, -0.15) is 0 Å². The summed E-state index contributed by atoms with van der Waals surface area (Å²) in [5.74, 6) is -0.248. The van der Waals surface area contributed by atoms with Crippen LogP contribution in [0.1, 0.15) is 12.5 Å². The second kappa shape index (κ2) is 8.36. The number of anilines is 1. The van der Waals surface area contributed by atoms with Crippen molar-refractivity contribution >= 4 is 28.3 Å². The first-order chi connectivity index (χ1) is 13.1. The summed E-state index contributed by atoms with van der Waals surface area (Å²) in [4.78, 5) is 24.5. The van der Waals surface area contributed by atoms with Gasteiger partial charge in [0.15, 0.2) is 6.10 Å². The number of rotatable bonds is 6. The summed E-state index contributed by atoms with van der Waals surface area (Å²) in [5, 5.41) is 4.90. The lowest BCUT2D eigenvalue weighted by atomic mass is 10.1. The molecule has 0 bridgehead atoms. The van der Waals surface area contributed by atoms with E-state index in [0.29, 0.717) is 17.0 Å². The van der Waals surface area contributed by atoms with Crippen LogP contribution in [0.15, 0.2) is 66.7 Å². The number of esters is 1. The Morgan fingerprint density at radius 3 is 2.44 bits per heavy atom. The van der Waals surface area contributed by atoms with E-state index in [1.165, 1.54) is 0 Å². The first kappa shape index (κ1) is 18.5. The van der Waals surface area contributed by atoms with Crippen LogP contribution in [0.5, 0.6) is 5.75 Å². The number of para-hydroxylation sites is 1. The highest BCUT2D eigenvalue weighted by Crippen LogP contribution is 2.20. The van der Waals surface area contributed by atoms with Crippen LogP contribution in [-0.2, 0) is 20.7 Å². The summed E-state index contributed by atoms with van der Waals surface area (Å²) in [6, 6.07) is 20.7. The number of carbonyl (C=O) groups excluding carboxylic acids is 2. The van der Waals surface area contributed by atoms with Crippen molar-refractivity contribution in [1.82, 2.24) is 0 Å². The minimum absolute atomic E-state index is 0.0393. The minimum Gasteiger partial charge on any atom is -0.496 e. The summed E-state index contributed by atoms with van der Waals surface area (Å²) in [6.45, 7) is 1.55. The molecule has 0 aliphatic carbocycles. The molecule has 5 heteroatoms. The number of nitrogens with one attached hydrogen (secondary N) is 1. The Morgan fingerprint density at radius 1 is 0.963 bits per heavy atom. The topological polar surface area (TPSA) is 64.6 Å². The van der Waals surface area contributed by atoms with Gasteiger partial charge in [0, 0.05) is 11.3 Å². The number of methoxy groups -OCH3 is 1. The third-order valence-corrected chi connectivity index (χ3v) is 4.22. The van der Waals surface area contributed by atoms with Crippen molar-refractivity contribution in [3.8, 4) is 5.75 Å². The van der Waals surface area contributed by atoms with Gasteiger partial charge >= 0.3 is 5.97 Å². The van der Waals surface area contributed by atoms with E-state index in [-0.39, 0.29) is 12.3 Å². The Kier molecular flexibility index (Phi) is 5.71. The van der Waals surface area contributed by atoms with Crippen molar-refractivity contribution in [2.45, 2.75) is 19.4 Å². The minimum atomic E-state index is -0.904. The number of ether oxygens (including phenoxy) is 2. The van der Waals surface area contributed by atoms with Crippen molar-refractivity contribution in [3.63, 3.8) is 0 Å². The second-order valence-electron chi connectivity index (χ2n) is 6.17. The van der Waals surface area contributed by atoms with Gasteiger partial charge < -0.3 is 14.8 Å². The summed E-state index contributed by atoms with van der Waals surface area (Å²) in [7, 11) is 1.55. The van der Waals surface area contributed by atoms with Crippen LogP contribution in [-0.4, -0.2) is 25.1 Å². The molecule has 0 unspecified atom stereocenters. The maximum absolute atomic E-state index is 12.3. The molecular weight excluding hydrogens is 342 g/mol. The van der Waals surface area contributed by atoms with Crippen LogP contribution < -0.4 is 10.1 Å². The van der Waals surface area contributed by atoms with Crippen molar-refractivity contribution < 1.29 is 19.1 Å². The molecule has 0 spiro atoms. The lowest BCUT2D eigenvalue weighted by molar-refractivity contribution is -0.152. The smallest absolute Gasteiger partial charge is 0.311 e. The van der Waals surface area contributed by atoms with Crippen molar-refractivity contribution in [2.24, 2.45) is 0 Å². The van der Waals surface area contributed by atoms with E-state index in [9.17, 15) is 9.59 Å². The van der Waals surface area contributed by atoms with Gasteiger partial charge in [0.1, 0.15) is 5.75 Å². The highest BCUT2D eigenvalue weighted by Gasteiger charge is 2.19. The maximum atomic E-state index is 12.3. The Bertz CT molecular complexity index is 967. The van der Waals surface area contributed by atoms with E-state index < -0.39 is 12.1 Å².